The van der Waals surface area contributed by atoms with E-state index in [9.17, 15) is 14.7 Å². The average molecular weight is 348 g/mol. The first kappa shape index (κ1) is 19.4. The van der Waals surface area contributed by atoms with Crippen molar-refractivity contribution in [2.24, 2.45) is 0 Å². The summed E-state index contributed by atoms with van der Waals surface area (Å²) in [6, 6.07) is 4.92. The van der Waals surface area contributed by atoms with E-state index in [-0.39, 0.29) is 12.3 Å². The SMILES string of the molecule is Cc1ccc(C)c(NC(=O)C[C@@H](NCCN2CCNCC2)C(=O)O)c1. The topological polar surface area (TPSA) is 93.7 Å². The van der Waals surface area contributed by atoms with Gasteiger partial charge in [-0.15, -0.1) is 0 Å². The Hall–Kier alpha value is -1.96. The maximum atomic E-state index is 12.2. The second-order valence-electron chi connectivity index (χ2n) is 6.51. The Morgan fingerprint density at radius 2 is 2.00 bits per heavy atom. The van der Waals surface area contributed by atoms with Crippen LogP contribution in [0, 0.1) is 13.8 Å². The van der Waals surface area contributed by atoms with Gasteiger partial charge in [0.15, 0.2) is 0 Å². The molecule has 1 heterocycles. The molecule has 0 saturated carbocycles. The molecule has 0 spiro atoms. The number of carboxylic acids is 1. The van der Waals surface area contributed by atoms with E-state index >= 15 is 0 Å². The molecule has 1 aliphatic heterocycles. The number of amides is 1. The number of carbonyl (C=O) groups is 2. The highest BCUT2D eigenvalue weighted by Crippen LogP contribution is 2.16. The van der Waals surface area contributed by atoms with E-state index < -0.39 is 12.0 Å². The van der Waals surface area contributed by atoms with Crippen LogP contribution >= 0.6 is 0 Å². The molecule has 0 aromatic heterocycles. The molecule has 25 heavy (non-hydrogen) atoms. The van der Waals surface area contributed by atoms with Crippen molar-refractivity contribution < 1.29 is 14.7 Å². The van der Waals surface area contributed by atoms with E-state index in [1.165, 1.54) is 0 Å². The zero-order valence-electron chi connectivity index (χ0n) is 15.0. The quantitative estimate of drug-likeness (QED) is 0.549. The van der Waals surface area contributed by atoms with Crippen molar-refractivity contribution in [3.05, 3.63) is 29.3 Å². The number of nitrogens with zero attached hydrogens (tertiary/aromatic N) is 1. The molecule has 1 aromatic carbocycles. The minimum absolute atomic E-state index is 0.0930. The lowest BCUT2D eigenvalue weighted by Crippen LogP contribution is -2.48. The normalized spacial score (nSPS) is 16.4. The number of benzene rings is 1. The van der Waals surface area contributed by atoms with Crippen LogP contribution in [0.1, 0.15) is 17.5 Å². The summed E-state index contributed by atoms with van der Waals surface area (Å²) in [5, 5.41) is 18.4. The molecule has 1 amide bonds. The highest BCUT2D eigenvalue weighted by atomic mass is 16.4. The summed E-state index contributed by atoms with van der Waals surface area (Å²) >= 11 is 0. The van der Waals surface area contributed by atoms with Crippen LogP contribution in [0.4, 0.5) is 5.69 Å². The van der Waals surface area contributed by atoms with Crippen molar-refractivity contribution in [3.8, 4) is 0 Å². The molecular formula is C18H28N4O3. The van der Waals surface area contributed by atoms with E-state index in [1.54, 1.807) is 0 Å². The second kappa shape index (κ2) is 9.50. The molecule has 4 N–H and O–H groups in total. The van der Waals surface area contributed by atoms with Gasteiger partial charge in [-0.05, 0) is 31.0 Å². The number of aliphatic carboxylic acids is 1. The first-order valence-electron chi connectivity index (χ1n) is 8.72. The molecule has 138 valence electrons. The van der Waals surface area contributed by atoms with Gasteiger partial charge in [-0.2, -0.15) is 0 Å². The maximum absolute atomic E-state index is 12.2. The van der Waals surface area contributed by atoms with Crippen molar-refractivity contribution in [3.63, 3.8) is 0 Å². The van der Waals surface area contributed by atoms with Crippen LogP contribution in [0.25, 0.3) is 0 Å². The highest BCUT2D eigenvalue weighted by Gasteiger charge is 2.21. The van der Waals surface area contributed by atoms with Crippen LogP contribution in [0.5, 0.6) is 0 Å². The third kappa shape index (κ3) is 6.45. The number of carboxylic acid groups (broad SMARTS) is 1. The van der Waals surface area contributed by atoms with Gasteiger partial charge in [0.1, 0.15) is 6.04 Å². The Labute approximate surface area is 148 Å². The molecule has 1 fully saturated rings. The van der Waals surface area contributed by atoms with Crippen molar-refractivity contribution in [2.45, 2.75) is 26.3 Å². The fraction of sp³-hybridized carbons (Fsp3) is 0.556. The number of nitrogens with one attached hydrogen (secondary N) is 3. The number of aryl methyl sites for hydroxylation is 2. The summed E-state index contributed by atoms with van der Waals surface area (Å²) in [5.74, 6) is -1.30. The van der Waals surface area contributed by atoms with Crippen molar-refractivity contribution >= 4 is 17.6 Å². The van der Waals surface area contributed by atoms with Gasteiger partial charge < -0.3 is 21.1 Å². The molecule has 0 unspecified atom stereocenters. The van der Waals surface area contributed by atoms with Gasteiger partial charge in [-0.3, -0.25) is 14.5 Å². The van der Waals surface area contributed by atoms with Crippen molar-refractivity contribution in [1.29, 1.82) is 0 Å². The van der Waals surface area contributed by atoms with Gasteiger partial charge >= 0.3 is 5.97 Å². The Kier molecular flexibility index (Phi) is 7.36. The standard InChI is InChI=1S/C18H28N4O3/c1-13-3-4-14(2)15(11-13)21-17(23)12-16(18(24)25)20-7-10-22-8-5-19-6-9-22/h3-4,11,16,19-20H,5-10,12H2,1-2H3,(H,21,23)(H,24,25)/t16-/m1/s1. The summed E-state index contributed by atoms with van der Waals surface area (Å²) in [6.45, 7) is 9.04. The predicted octanol–water partition coefficient (Wildman–Crippen LogP) is 0.580. The molecule has 0 radical (unpaired) electrons. The van der Waals surface area contributed by atoms with Crippen molar-refractivity contribution in [1.82, 2.24) is 15.5 Å². The Balaban J connectivity index is 1.82. The maximum Gasteiger partial charge on any atom is 0.321 e. The van der Waals surface area contributed by atoms with E-state index in [2.05, 4.69) is 20.9 Å². The lowest BCUT2D eigenvalue weighted by Gasteiger charge is -2.27. The average Bonchev–Trinajstić information content (AvgIpc) is 2.58. The number of hydrogen-bond acceptors (Lipinski definition) is 5. The number of anilines is 1. The number of rotatable bonds is 8. The molecule has 2 rings (SSSR count). The predicted molar refractivity (Wildman–Crippen MR) is 97.9 cm³/mol. The molecule has 1 atom stereocenters. The van der Waals surface area contributed by atoms with Crippen LogP contribution in [-0.2, 0) is 9.59 Å². The minimum atomic E-state index is -1.00. The van der Waals surface area contributed by atoms with Crippen LogP contribution in [-0.4, -0.2) is 67.2 Å². The van der Waals surface area contributed by atoms with Crippen LogP contribution in [0.3, 0.4) is 0 Å². The van der Waals surface area contributed by atoms with E-state index in [4.69, 9.17) is 0 Å². The molecule has 0 aliphatic carbocycles. The summed E-state index contributed by atoms with van der Waals surface area (Å²) in [7, 11) is 0. The number of hydrogen-bond donors (Lipinski definition) is 4. The summed E-state index contributed by atoms with van der Waals surface area (Å²) in [4.78, 5) is 25.9. The molecule has 1 aliphatic rings. The first-order chi connectivity index (χ1) is 12.0. The minimum Gasteiger partial charge on any atom is -0.480 e. The molecule has 1 aromatic rings. The van der Waals surface area contributed by atoms with Gasteiger partial charge in [0.2, 0.25) is 5.91 Å². The number of piperazine rings is 1. The third-order valence-electron chi connectivity index (χ3n) is 4.38. The summed E-state index contributed by atoms with van der Waals surface area (Å²) in [6.07, 6.45) is -0.0930. The molecule has 0 bridgehead atoms. The molecule has 7 nitrogen and oxygen atoms in total. The Morgan fingerprint density at radius 3 is 2.68 bits per heavy atom. The van der Waals surface area contributed by atoms with Gasteiger partial charge in [-0.1, -0.05) is 12.1 Å². The molecule has 7 heteroatoms. The fourth-order valence-electron chi connectivity index (χ4n) is 2.84. The summed E-state index contributed by atoms with van der Waals surface area (Å²) < 4.78 is 0. The first-order valence-corrected chi connectivity index (χ1v) is 8.72. The summed E-state index contributed by atoms with van der Waals surface area (Å²) in [5.41, 5.74) is 2.73. The van der Waals surface area contributed by atoms with Crippen molar-refractivity contribution in [2.75, 3.05) is 44.6 Å². The molecular weight excluding hydrogens is 320 g/mol. The lowest BCUT2D eigenvalue weighted by atomic mass is 10.1. The number of carbonyl (C=O) groups excluding carboxylic acids is 1. The van der Waals surface area contributed by atoms with Gasteiger partial charge in [0.25, 0.3) is 0 Å². The fourth-order valence-corrected chi connectivity index (χ4v) is 2.84. The Morgan fingerprint density at radius 1 is 1.28 bits per heavy atom. The van der Waals surface area contributed by atoms with Gasteiger partial charge in [0.05, 0.1) is 6.42 Å². The van der Waals surface area contributed by atoms with Gasteiger partial charge in [0, 0.05) is 45.0 Å². The van der Waals surface area contributed by atoms with Crippen LogP contribution in [0.15, 0.2) is 18.2 Å². The van der Waals surface area contributed by atoms with Gasteiger partial charge in [-0.25, -0.2) is 0 Å². The smallest absolute Gasteiger partial charge is 0.321 e. The van der Waals surface area contributed by atoms with Crippen LogP contribution in [0.2, 0.25) is 0 Å². The third-order valence-corrected chi connectivity index (χ3v) is 4.38. The second-order valence-corrected chi connectivity index (χ2v) is 6.51. The van der Waals surface area contributed by atoms with Crippen LogP contribution < -0.4 is 16.0 Å². The van der Waals surface area contributed by atoms with E-state index in [0.717, 1.165) is 49.5 Å². The van der Waals surface area contributed by atoms with E-state index in [1.807, 2.05) is 32.0 Å². The monoisotopic (exact) mass is 348 g/mol. The largest absolute Gasteiger partial charge is 0.480 e. The van der Waals surface area contributed by atoms with E-state index in [0.29, 0.717) is 6.54 Å². The lowest BCUT2D eigenvalue weighted by molar-refractivity contribution is -0.141. The molecule has 1 saturated heterocycles. The zero-order valence-corrected chi connectivity index (χ0v) is 15.0. The zero-order chi connectivity index (χ0) is 18.2. The highest BCUT2D eigenvalue weighted by molar-refractivity contribution is 5.94. The Bertz CT molecular complexity index is 600.